The standard InChI is InChI=1S/C16H17N3O/c1-20-13-6-4-5-12(11-13)19-15-8-3-2-7-14(15)18-16(19)9-10-17/h2-8,11H,9-10,17H2,1H3. The molecule has 3 aromatic rings. The van der Waals surface area contributed by atoms with Gasteiger partial charge in [0.2, 0.25) is 0 Å². The summed E-state index contributed by atoms with van der Waals surface area (Å²) in [6, 6.07) is 16.1. The Labute approximate surface area is 117 Å². The molecule has 2 aromatic carbocycles. The molecule has 0 radical (unpaired) electrons. The Balaban J connectivity index is 2.24. The van der Waals surface area contributed by atoms with Gasteiger partial charge >= 0.3 is 0 Å². The summed E-state index contributed by atoms with van der Waals surface area (Å²) < 4.78 is 7.45. The van der Waals surface area contributed by atoms with E-state index in [-0.39, 0.29) is 0 Å². The predicted molar refractivity (Wildman–Crippen MR) is 80.4 cm³/mol. The summed E-state index contributed by atoms with van der Waals surface area (Å²) in [5, 5.41) is 0. The molecule has 0 saturated heterocycles. The van der Waals surface area contributed by atoms with E-state index in [1.54, 1.807) is 7.11 Å². The van der Waals surface area contributed by atoms with Crippen LogP contribution in [0.5, 0.6) is 5.75 Å². The second-order valence-electron chi connectivity index (χ2n) is 4.59. The first-order chi connectivity index (χ1) is 9.83. The first-order valence-electron chi connectivity index (χ1n) is 6.64. The maximum atomic E-state index is 5.71. The second kappa shape index (κ2) is 5.35. The number of fused-ring (bicyclic) bond motifs is 1. The Morgan fingerprint density at radius 3 is 2.80 bits per heavy atom. The number of rotatable bonds is 4. The molecule has 0 unspecified atom stereocenters. The minimum Gasteiger partial charge on any atom is -0.497 e. The van der Waals surface area contributed by atoms with Crippen molar-refractivity contribution in [2.75, 3.05) is 13.7 Å². The highest BCUT2D eigenvalue weighted by Crippen LogP contribution is 2.24. The molecule has 0 fully saturated rings. The van der Waals surface area contributed by atoms with E-state index in [2.05, 4.69) is 21.7 Å². The van der Waals surface area contributed by atoms with Gasteiger partial charge in [-0.15, -0.1) is 0 Å². The van der Waals surface area contributed by atoms with Gasteiger partial charge in [-0.3, -0.25) is 4.57 Å². The van der Waals surface area contributed by atoms with Gasteiger partial charge in [0.15, 0.2) is 0 Å². The zero-order valence-corrected chi connectivity index (χ0v) is 11.4. The van der Waals surface area contributed by atoms with Crippen molar-refractivity contribution >= 4 is 11.0 Å². The zero-order chi connectivity index (χ0) is 13.9. The number of aromatic nitrogens is 2. The Kier molecular flexibility index (Phi) is 3.39. The molecular weight excluding hydrogens is 250 g/mol. The molecule has 0 spiro atoms. The fraction of sp³-hybridized carbons (Fsp3) is 0.188. The van der Waals surface area contributed by atoms with Crippen LogP contribution in [0.2, 0.25) is 0 Å². The molecule has 3 rings (SSSR count). The molecule has 4 heteroatoms. The molecule has 1 aromatic heterocycles. The highest BCUT2D eigenvalue weighted by Gasteiger charge is 2.11. The number of benzene rings is 2. The van der Waals surface area contributed by atoms with Gasteiger partial charge in [0.05, 0.1) is 23.8 Å². The van der Waals surface area contributed by atoms with Crippen LogP contribution in [0, 0.1) is 0 Å². The van der Waals surface area contributed by atoms with Crippen molar-refractivity contribution in [3.63, 3.8) is 0 Å². The quantitative estimate of drug-likeness (QED) is 0.790. The molecule has 0 bridgehead atoms. The van der Waals surface area contributed by atoms with Crippen molar-refractivity contribution in [1.82, 2.24) is 9.55 Å². The van der Waals surface area contributed by atoms with Crippen LogP contribution >= 0.6 is 0 Å². The van der Waals surface area contributed by atoms with Gasteiger partial charge in [0.1, 0.15) is 11.6 Å². The number of hydrogen-bond donors (Lipinski definition) is 1. The fourth-order valence-electron chi connectivity index (χ4n) is 2.41. The van der Waals surface area contributed by atoms with Crippen LogP contribution in [-0.4, -0.2) is 23.2 Å². The molecule has 2 N–H and O–H groups in total. The lowest BCUT2D eigenvalue weighted by atomic mass is 10.2. The number of nitrogens with zero attached hydrogens (tertiary/aromatic N) is 2. The largest absolute Gasteiger partial charge is 0.497 e. The molecule has 0 aliphatic heterocycles. The van der Waals surface area contributed by atoms with Crippen LogP contribution in [0.15, 0.2) is 48.5 Å². The normalized spacial score (nSPS) is 10.9. The molecule has 4 nitrogen and oxygen atoms in total. The molecule has 0 aliphatic carbocycles. The van der Waals surface area contributed by atoms with Gasteiger partial charge in [0.25, 0.3) is 0 Å². The third-order valence-corrected chi connectivity index (χ3v) is 3.31. The van der Waals surface area contributed by atoms with Crippen LogP contribution in [-0.2, 0) is 6.42 Å². The zero-order valence-electron chi connectivity index (χ0n) is 11.4. The number of imidazole rings is 1. The third kappa shape index (κ3) is 2.14. The molecule has 0 saturated carbocycles. The topological polar surface area (TPSA) is 53.1 Å². The van der Waals surface area contributed by atoms with Gasteiger partial charge in [-0.25, -0.2) is 4.98 Å². The van der Waals surface area contributed by atoms with Crippen LogP contribution in [0.1, 0.15) is 5.82 Å². The van der Waals surface area contributed by atoms with E-state index in [9.17, 15) is 0 Å². The van der Waals surface area contributed by atoms with E-state index in [1.807, 2.05) is 36.4 Å². The highest BCUT2D eigenvalue weighted by atomic mass is 16.5. The SMILES string of the molecule is COc1cccc(-n2c(CCN)nc3ccccc32)c1. The fourth-order valence-corrected chi connectivity index (χ4v) is 2.41. The Hall–Kier alpha value is -2.33. The first-order valence-corrected chi connectivity index (χ1v) is 6.64. The van der Waals surface area contributed by atoms with Crippen molar-refractivity contribution in [2.45, 2.75) is 6.42 Å². The highest BCUT2D eigenvalue weighted by molar-refractivity contribution is 5.78. The van der Waals surface area contributed by atoms with Gasteiger partial charge < -0.3 is 10.5 Å². The van der Waals surface area contributed by atoms with E-state index in [0.29, 0.717) is 6.54 Å². The summed E-state index contributed by atoms with van der Waals surface area (Å²) in [5.74, 6) is 1.81. The van der Waals surface area contributed by atoms with Crippen LogP contribution in [0.3, 0.4) is 0 Å². The molecule has 1 heterocycles. The molecule has 0 atom stereocenters. The van der Waals surface area contributed by atoms with E-state index in [1.165, 1.54) is 0 Å². The third-order valence-electron chi connectivity index (χ3n) is 3.31. The lowest BCUT2D eigenvalue weighted by molar-refractivity contribution is 0.414. The number of ether oxygens (including phenoxy) is 1. The number of methoxy groups -OCH3 is 1. The Bertz CT molecular complexity index is 733. The summed E-state index contributed by atoms with van der Waals surface area (Å²) in [5.41, 5.74) is 8.82. The van der Waals surface area contributed by atoms with E-state index in [4.69, 9.17) is 10.5 Å². The van der Waals surface area contributed by atoms with E-state index in [0.717, 1.165) is 34.7 Å². The number of hydrogen-bond acceptors (Lipinski definition) is 3. The van der Waals surface area contributed by atoms with E-state index < -0.39 is 0 Å². The maximum Gasteiger partial charge on any atom is 0.120 e. The van der Waals surface area contributed by atoms with Crippen LogP contribution in [0.4, 0.5) is 0 Å². The van der Waals surface area contributed by atoms with Gasteiger partial charge in [-0.05, 0) is 30.8 Å². The summed E-state index contributed by atoms with van der Waals surface area (Å²) in [4.78, 5) is 4.68. The van der Waals surface area contributed by atoms with Crippen molar-refractivity contribution < 1.29 is 4.74 Å². The maximum absolute atomic E-state index is 5.71. The van der Waals surface area contributed by atoms with Crippen molar-refractivity contribution in [3.8, 4) is 11.4 Å². The molecule has 20 heavy (non-hydrogen) atoms. The predicted octanol–water partition coefficient (Wildman–Crippen LogP) is 2.54. The van der Waals surface area contributed by atoms with Crippen molar-refractivity contribution in [2.24, 2.45) is 5.73 Å². The second-order valence-corrected chi connectivity index (χ2v) is 4.59. The van der Waals surface area contributed by atoms with Crippen molar-refractivity contribution in [3.05, 3.63) is 54.4 Å². The molecular formula is C16H17N3O. The van der Waals surface area contributed by atoms with E-state index >= 15 is 0 Å². The van der Waals surface area contributed by atoms with Gasteiger partial charge in [0, 0.05) is 12.5 Å². The number of nitrogens with two attached hydrogens (primary N) is 1. The summed E-state index contributed by atoms with van der Waals surface area (Å²) >= 11 is 0. The molecule has 0 aliphatic rings. The van der Waals surface area contributed by atoms with Crippen molar-refractivity contribution in [1.29, 1.82) is 0 Å². The van der Waals surface area contributed by atoms with Crippen LogP contribution < -0.4 is 10.5 Å². The van der Waals surface area contributed by atoms with Crippen LogP contribution in [0.25, 0.3) is 16.7 Å². The average Bonchev–Trinajstić information content (AvgIpc) is 2.85. The minimum absolute atomic E-state index is 0.577. The minimum atomic E-state index is 0.577. The molecule has 102 valence electrons. The lowest BCUT2D eigenvalue weighted by Gasteiger charge is -2.10. The summed E-state index contributed by atoms with van der Waals surface area (Å²) in [6.07, 6.45) is 0.742. The lowest BCUT2D eigenvalue weighted by Crippen LogP contribution is -2.09. The summed E-state index contributed by atoms with van der Waals surface area (Å²) in [7, 11) is 1.67. The van der Waals surface area contributed by atoms with Gasteiger partial charge in [-0.1, -0.05) is 18.2 Å². The Morgan fingerprint density at radius 1 is 1.15 bits per heavy atom. The smallest absolute Gasteiger partial charge is 0.120 e. The summed E-state index contributed by atoms with van der Waals surface area (Å²) in [6.45, 7) is 0.577. The van der Waals surface area contributed by atoms with Gasteiger partial charge in [-0.2, -0.15) is 0 Å². The first kappa shape index (κ1) is 12.7. The monoisotopic (exact) mass is 267 g/mol. The Morgan fingerprint density at radius 2 is 2.00 bits per heavy atom. The number of para-hydroxylation sites is 2. The molecule has 0 amide bonds. The average molecular weight is 267 g/mol.